The number of anilines is 1. The molecule has 132 valence electrons. The minimum absolute atomic E-state index is 0.116. The van der Waals surface area contributed by atoms with Gasteiger partial charge in [0.15, 0.2) is 0 Å². The van der Waals surface area contributed by atoms with E-state index in [9.17, 15) is 18.0 Å². The maximum Gasteiger partial charge on any atom is 0.338 e. The van der Waals surface area contributed by atoms with E-state index in [1.807, 2.05) is 0 Å². The molecule has 0 spiro atoms. The lowest BCUT2D eigenvalue weighted by molar-refractivity contribution is 0.0597. The molecular formula is C17H18N2O5S. The van der Waals surface area contributed by atoms with Gasteiger partial charge in [-0.1, -0.05) is 12.1 Å². The predicted molar refractivity (Wildman–Crippen MR) is 93.0 cm³/mol. The number of sulfonamides is 1. The molecule has 0 radical (unpaired) electrons. The fourth-order valence-corrected chi connectivity index (χ4v) is 2.99. The molecule has 1 N–H and O–H groups in total. The van der Waals surface area contributed by atoms with E-state index in [1.54, 1.807) is 12.1 Å². The van der Waals surface area contributed by atoms with E-state index in [1.165, 1.54) is 57.6 Å². The molecule has 1 amide bonds. The number of esters is 1. The van der Waals surface area contributed by atoms with Crippen molar-refractivity contribution in [2.45, 2.75) is 4.90 Å². The Morgan fingerprint density at radius 2 is 1.52 bits per heavy atom. The van der Waals surface area contributed by atoms with Crippen molar-refractivity contribution in [3.8, 4) is 0 Å². The Morgan fingerprint density at radius 3 is 2.04 bits per heavy atom. The standard InChI is InChI=1S/C17H18N2O5S/c1-19(2)25(22,23)13-10-8-12(9-11-13)18-16(20)14-6-4-5-7-15(14)17(21)24-3/h4-11H,1-3H3,(H,18,20). The van der Waals surface area contributed by atoms with Crippen LogP contribution in [0.5, 0.6) is 0 Å². The van der Waals surface area contributed by atoms with Gasteiger partial charge < -0.3 is 10.1 Å². The molecule has 0 aliphatic heterocycles. The topological polar surface area (TPSA) is 92.8 Å². The SMILES string of the molecule is COC(=O)c1ccccc1C(=O)Nc1ccc(S(=O)(=O)N(C)C)cc1. The zero-order chi connectivity index (χ0) is 18.6. The quantitative estimate of drug-likeness (QED) is 0.821. The summed E-state index contributed by atoms with van der Waals surface area (Å²) >= 11 is 0. The van der Waals surface area contributed by atoms with Crippen molar-refractivity contribution >= 4 is 27.6 Å². The van der Waals surface area contributed by atoms with Crippen molar-refractivity contribution in [3.63, 3.8) is 0 Å². The third-order valence-corrected chi connectivity index (χ3v) is 5.30. The minimum atomic E-state index is -3.54. The summed E-state index contributed by atoms with van der Waals surface area (Å²) in [5.74, 6) is -1.11. The van der Waals surface area contributed by atoms with Gasteiger partial charge in [-0.25, -0.2) is 17.5 Å². The molecule has 7 nitrogen and oxygen atoms in total. The first-order valence-corrected chi connectivity index (χ1v) is 8.72. The van der Waals surface area contributed by atoms with Crippen LogP contribution in [0.4, 0.5) is 5.69 Å². The molecule has 25 heavy (non-hydrogen) atoms. The van der Waals surface area contributed by atoms with Gasteiger partial charge in [0.2, 0.25) is 10.0 Å². The van der Waals surface area contributed by atoms with Crippen molar-refractivity contribution < 1.29 is 22.7 Å². The van der Waals surface area contributed by atoms with E-state index < -0.39 is 21.9 Å². The van der Waals surface area contributed by atoms with Crippen molar-refractivity contribution in [3.05, 3.63) is 59.7 Å². The summed E-state index contributed by atoms with van der Waals surface area (Å²) in [6.07, 6.45) is 0. The van der Waals surface area contributed by atoms with Crippen LogP contribution in [0.2, 0.25) is 0 Å². The summed E-state index contributed by atoms with van der Waals surface area (Å²) in [6, 6.07) is 12.0. The van der Waals surface area contributed by atoms with E-state index in [0.717, 1.165) is 4.31 Å². The molecule has 2 aromatic carbocycles. The number of nitrogens with zero attached hydrogens (tertiary/aromatic N) is 1. The molecule has 0 unspecified atom stereocenters. The van der Waals surface area contributed by atoms with E-state index in [2.05, 4.69) is 10.1 Å². The fourth-order valence-electron chi connectivity index (χ4n) is 2.09. The van der Waals surface area contributed by atoms with Gasteiger partial charge in [-0.05, 0) is 36.4 Å². The lowest BCUT2D eigenvalue weighted by atomic mass is 10.1. The van der Waals surface area contributed by atoms with Crippen molar-refractivity contribution in [2.24, 2.45) is 0 Å². The van der Waals surface area contributed by atoms with Crippen LogP contribution in [0.3, 0.4) is 0 Å². The maximum absolute atomic E-state index is 12.4. The molecule has 0 aromatic heterocycles. The van der Waals surface area contributed by atoms with E-state index in [-0.39, 0.29) is 16.0 Å². The average molecular weight is 362 g/mol. The molecule has 0 bridgehead atoms. The number of nitrogens with one attached hydrogen (secondary N) is 1. The zero-order valence-electron chi connectivity index (χ0n) is 14.0. The number of methoxy groups -OCH3 is 1. The first kappa shape index (κ1) is 18.6. The first-order valence-electron chi connectivity index (χ1n) is 7.28. The van der Waals surface area contributed by atoms with Gasteiger partial charge in [-0.3, -0.25) is 4.79 Å². The third kappa shape index (κ3) is 4.04. The number of hydrogen-bond donors (Lipinski definition) is 1. The van der Waals surface area contributed by atoms with Gasteiger partial charge in [-0.2, -0.15) is 0 Å². The summed E-state index contributed by atoms with van der Waals surface area (Å²) in [5, 5.41) is 2.63. The lowest BCUT2D eigenvalue weighted by Crippen LogP contribution is -2.22. The largest absolute Gasteiger partial charge is 0.465 e. The number of rotatable bonds is 5. The monoisotopic (exact) mass is 362 g/mol. The Balaban J connectivity index is 2.24. The Bertz CT molecular complexity index is 890. The highest BCUT2D eigenvalue weighted by Crippen LogP contribution is 2.18. The number of carbonyl (C=O) groups excluding carboxylic acids is 2. The number of carbonyl (C=O) groups is 2. The second kappa shape index (κ2) is 7.45. The van der Waals surface area contributed by atoms with Crippen molar-refractivity contribution in [2.75, 3.05) is 26.5 Å². The van der Waals surface area contributed by atoms with E-state index >= 15 is 0 Å². The smallest absolute Gasteiger partial charge is 0.338 e. The van der Waals surface area contributed by atoms with Gasteiger partial charge in [0.05, 0.1) is 23.1 Å². The van der Waals surface area contributed by atoms with Gasteiger partial charge in [0.25, 0.3) is 5.91 Å². The summed E-state index contributed by atoms with van der Waals surface area (Å²) in [4.78, 5) is 24.3. The van der Waals surface area contributed by atoms with Crippen LogP contribution >= 0.6 is 0 Å². The van der Waals surface area contributed by atoms with Crippen molar-refractivity contribution in [1.29, 1.82) is 0 Å². The molecule has 0 aliphatic rings. The van der Waals surface area contributed by atoms with Crippen molar-refractivity contribution in [1.82, 2.24) is 4.31 Å². The van der Waals surface area contributed by atoms with Crippen LogP contribution < -0.4 is 5.32 Å². The van der Waals surface area contributed by atoms with Crippen LogP contribution in [0.25, 0.3) is 0 Å². The minimum Gasteiger partial charge on any atom is -0.465 e. The number of hydrogen-bond acceptors (Lipinski definition) is 5. The molecular weight excluding hydrogens is 344 g/mol. The van der Waals surface area contributed by atoms with Crippen LogP contribution in [-0.2, 0) is 14.8 Å². The van der Waals surface area contributed by atoms with Crippen LogP contribution in [-0.4, -0.2) is 45.8 Å². The van der Waals surface area contributed by atoms with Crippen LogP contribution in [0.15, 0.2) is 53.4 Å². The van der Waals surface area contributed by atoms with Gasteiger partial charge in [0.1, 0.15) is 0 Å². The first-order chi connectivity index (χ1) is 11.8. The maximum atomic E-state index is 12.4. The highest BCUT2D eigenvalue weighted by atomic mass is 32.2. The normalized spacial score (nSPS) is 11.2. The molecule has 0 atom stereocenters. The molecule has 0 saturated heterocycles. The number of ether oxygens (including phenoxy) is 1. The summed E-state index contributed by atoms with van der Waals surface area (Å²) in [6.45, 7) is 0. The molecule has 2 aromatic rings. The Labute approximate surface area is 146 Å². The molecule has 0 heterocycles. The van der Waals surface area contributed by atoms with Gasteiger partial charge in [0, 0.05) is 19.8 Å². The molecule has 0 aliphatic carbocycles. The third-order valence-electron chi connectivity index (χ3n) is 3.47. The summed E-state index contributed by atoms with van der Waals surface area (Å²) in [7, 11) is 0.579. The fraction of sp³-hybridized carbons (Fsp3) is 0.176. The van der Waals surface area contributed by atoms with E-state index in [4.69, 9.17) is 0 Å². The predicted octanol–water partition coefficient (Wildman–Crippen LogP) is 1.98. The number of benzene rings is 2. The van der Waals surface area contributed by atoms with Gasteiger partial charge >= 0.3 is 5.97 Å². The zero-order valence-corrected chi connectivity index (χ0v) is 14.8. The van der Waals surface area contributed by atoms with E-state index in [0.29, 0.717) is 5.69 Å². The van der Waals surface area contributed by atoms with Gasteiger partial charge in [-0.15, -0.1) is 0 Å². The van der Waals surface area contributed by atoms with Crippen LogP contribution in [0.1, 0.15) is 20.7 Å². The molecule has 8 heteroatoms. The highest BCUT2D eigenvalue weighted by Gasteiger charge is 2.19. The lowest BCUT2D eigenvalue weighted by Gasteiger charge is -2.12. The van der Waals surface area contributed by atoms with Crippen LogP contribution in [0, 0.1) is 0 Å². The molecule has 0 fully saturated rings. The number of amides is 1. The average Bonchev–Trinajstić information content (AvgIpc) is 2.61. The molecule has 2 rings (SSSR count). The summed E-state index contributed by atoms with van der Waals surface area (Å²) in [5.41, 5.74) is 0.719. The summed E-state index contributed by atoms with van der Waals surface area (Å²) < 4.78 is 29.8. The second-order valence-corrected chi connectivity index (χ2v) is 7.45. The Kier molecular flexibility index (Phi) is 5.55. The second-order valence-electron chi connectivity index (χ2n) is 5.30. The highest BCUT2D eigenvalue weighted by molar-refractivity contribution is 7.89. The Hall–Kier alpha value is -2.71. The Morgan fingerprint density at radius 1 is 0.960 bits per heavy atom. The molecule has 0 saturated carbocycles.